The molecule has 0 saturated carbocycles. The van der Waals surface area contributed by atoms with E-state index in [0.717, 1.165) is 20.8 Å². The van der Waals surface area contributed by atoms with Gasteiger partial charge in [0.15, 0.2) is 11.5 Å². The number of carbonyl (C=O) groups excluding carboxylic acids is 1. The summed E-state index contributed by atoms with van der Waals surface area (Å²) < 4.78 is 12.0. The Morgan fingerprint density at radius 1 is 1.07 bits per heavy atom. The molecule has 0 fully saturated rings. The van der Waals surface area contributed by atoms with Crippen LogP contribution in [0.1, 0.15) is 29.8 Å². The van der Waals surface area contributed by atoms with Crippen molar-refractivity contribution >= 4 is 38.8 Å². The zero-order chi connectivity index (χ0) is 19.9. The van der Waals surface area contributed by atoms with Crippen molar-refractivity contribution in [1.29, 1.82) is 0 Å². The van der Waals surface area contributed by atoms with Crippen LogP contribution < -0.4 is 14.9 Å². The summed E-state index contributed by atoms with van der Waals surface area (Å²) in [6.45, 7) is 4.88. The molecular formula is C22H21BrN2O3. The summed E-state index contributed by atoms with van der Waals surface area (Å²) in [5.74, 6) is 1.02. The molecule has 1 N–H and O–H groups in total. The SMILES string of the molecule is CCOc1cc(/C=N\NC(=O)c2cccc3ccccc23)cc(Br)c1OCC. The predicted molar refractivity (Wildman–Crippen MR) is 115 cm³/mol. The summed E-state index contributed by atoms with van der Waals surface area (Å²) in [4.78, 5) is 12.5. The third-order valence-corrected chi connectivity index (χ3v) is 4.62. The van der Waals surface area contributed by atoms with Crippen molar-refractivity contribution in [3.63, 3.8) is 0 Å². The van der Waals surface area contributed by atoms with Crippen molar-refractivity contribution in [2.45, 2.75) is 13.8 Å². The summed E-state index contributed by atoms with van der Waals surface area (Å²) in [6.07, 6.45) is 1.58. The van der Waals surface area contributed by atoms with E-state index < -0.39 is 0 Å². The van der Waals surface area contributed by atoms with Crippen LogP contribution in [0.2, 0.25) is 0 Å². The molecule has 144 valence electrons. The molecule has 0 bridgehead atoms. The Morgan fingerprint density at radius 3 is 2.61 bits per heavy atom. The van der Waals surface area contributed by atoms with Crippen LogP contribution >= 0.6 is 15.9 Å². The van der Waals surface area contributed by atoms with Crippen LogP contribution in [0.5, 0.6) is 11.5 Å². The highest BCUT2D eigenvalue weighted by atomic mass is 79.9. The van der Waals surface area contributed by atoms with Gasteiger partial charge >= 0.3 is 0 Å². The van der Waals surface area contributed by atoms with Gasteiger partial charge in [0, 0.05) is 5.56 Å². The minimum absolute atomic E-state index is 0.261. The number of carbonyl (C=O) groups is 1. The van der Waals surface area contributed by atoms with Crippen molar-refractivity contribution in [3.8, 4) is 11.5 Å². The molecule has 28 heavy (non-hydrogen) atoms. The molecule has 0 aliphatic heterocycles. The van der Waals surface area contributed by atoms with Crippen LogP contribution in [0.15, 0.2) is 64.2 Å². The Morgan fingerprint density at radius 2 is 1.82 bits per heavy atom. The van der Waals surface area contributed by atoms with Gasteiger partial charge in [-0.1, -0.05) is 36.4 Å². The summed E-state index contributed by atoms with van der Waals surface area (Å²) in [5, 5.41) is 6.00. The number of benzene rings is 3. The van der Waals surface area contributed by atoms with Crippen LogP contribution in [0.4, 0.5) is 0 Å². The van der Waals surface area contributed by atoms with Crippen LogP contribution in [-0.2, 0) is 0 Å². The lowest BCUT2D eigenvalue weighted by molar-refractivity contribution is 0.0957. The largest absolute Gasteiger partial charge is 0.490 e. The first kappa shape index (κ1) is 19.9. The molecule has 0 saturated heterocycles. The van der Waals surface area contributed by atoms with E-state index in [-0.39, 0.29) is 5.91 Å². The Hall–Kier alpha value is -2.86. The Labute approximate surface area is 172 Å². The average molecular weight is 441 g/mol. The summed E-state index contributed by atoms with van der Waals surface area (Å²) in [7, 11) is 0. The zero-order valence-electron chi connectivity index (χ0n) is 15.7. The number of amides is 1. The normalized spacial score (nSPS) is 11.0. The van der Waals surface area contributed by atoms with Gasteiger partial charge in [0.1, 0.15) is 0 Å². The molecule has 0 aliphatic rings. The van der Waals surface area contributed by atoms with Gasteiger partial charge in [0.05, 0.1) is 23.9 Å². The second kappa shape index (κ2) is 9.37. The zero-order valence-corrected chi connectivity index (χ0v) is 17.3. The van der Waals surface area contributed by atoms with Crippen molar-refractivity contribution in [2.24, 2.45) is 5.10 Å². The lowest BCUT2D eigenvalue weighted by atomic mass is 10.0. The smallest absolute Gasteiger partial charge is 0.271 e. The van der Waals surface area contributed by atoms with Gasteiger partial charge in [-0.2, -0.15) is 5.10 Å². The highest BCUT2D eigenvalue weighted by molar-refractivity contribution is 9.10. The molecule has 0 aliphatic carbocycles. The molecule has 0 heterocycles. The molecular weight excluding hydrogens is 420 g/mol. The molecule has 6 heteroatoms. The van der Waals surface area contributed by atoms with Crippen LogP contribution in [0.3, 0.4) is 0 Å². The molecule has 1 amide bonds. The first-order valence-electron chi connectivity index (χ1n) is 9.04. The molecule has 0 unspecified atom stereocenters. The molecule has 3 aromatic rings. The van der Waals surface area contributed by atoms with Gasteiger partial charge in [0.2, 0.25) is 0 Å². The molecule has 0 aromatic heterocycles. The average Bonchev–Trinajstić information content (AvgIpc) is 2.70. The van der Waals surface area contributed by atoms with E-state index in [4.69, 9.17) is 9.47 Å². The summed E-state index contributed by atoms with van der Waals surface area (Å²) in [6, 6.07) is 17.1. The van der Waals surface area contributed by atoms with Gasteiger partial charge in [-0.25, -0.2) is 5.43 Å². The topological polar surface area (TPSA) is 59.9 Å². The molecule has 3 rings (SSSR count). The lowest BCUT2D eigenvalue weighted by Gasteiger charge is -2.13. The monoisotopic (exact) mass is 440 g/mol. The molecule has 3 aromatic carbocycles. The van der Waals surface area contributed by atoms with E-state index in [0.29, 0.717) is 30.3 Å². The minimum Gasteiger partial charge on any atom is -0.490 e. The van der Waals surface area contributed by atoms with Crippen LogP contribution in [0.25, 0.3) is 10.8 Å². The van der Waals surface area contributed by atoms with Crippen molar-refractivity contribution < 1.29 is 14.3 Å². The van der Waals surface area contributed by atoms with E-state index in [9.17, 15) is 4.79 Å². The first-order valence-corrected chi connectivity index (χ1v) is 9.83. The Kier molecular flexibility index (Phi) is 6.66. The van der Waals surface area contributed by atoms with Crippen molar-refractivity contribution in [3.05, 3.63) is 70.2 Å². The number of rotatable bonds is 7. The number of hydrogen-bond acceptors (Lipinski definition) is 4. The van der Waals surface area contributed by atoms with Gasteiger partial charge < -0.3 is 9.47 Å². The maximum absolute atomic E-state index is 12.5. The van der Waals surface area contributed by atoms with E-state index in [1.165, 1.54) is 0 Å². The second-order valence-corrected chi connectivity index (χ2v) is 6.78. The highest BCUT2D eigenvalue weighted by Crippen LogP contribution is 2.36. The second-order valence-electron chi connectivity index (χ2n) is 5.92. The number of nitrogens with zero attached hydrogens (tertiary/aromatic N) is 1. The number of fused-ring (bicyclic) bond motifs is 1. The third-order valence-electron chi connectivity index (χ3n) is 4.03. The fraction of sp³-hybridized carbons (Fsp3) is 0.182. The summed E-state index contributed by atoms with van der Waals surface area (Å²) >= 11 is 3.50. The number of hydrazone groups is 1. The van der Waals surface area contributed by atoms with Crippen molar-refractivity contribution in [2.75, 3.05) is 13.2 Å². The Balaban J connectivity index is 1.79. The number of nitrogens with one attached hydrogen (secondary N) is 1. The maximum Gasteiger partial charge on any atom is 0.271 e. The molecule has 0 spiro atoms. The molecule has 0 atom stereocenters. The van der Waals surface area contributed by atoms with Gasteiger partial charge in [-0.05, 0) is 64.3 Å². The number of ether oxygens (including phenoxy) is 2. The number of hydrogen-bond donors (Lipinski definition) is 1. The fourth-order valence-electron chi connectivity index (χ4n) is 2.86. The molecule has 0 radical (unpaired) electrons. The molecule has 5 nitrogen and oxygen atoms in total. The van der Waals surface area contributed by atoms with E-state index in [1.54, 1.807) is 12.3 Å². The predicted octanol–water partition coefficient (Wildman–Crippen LogP) is 5.16. The highest BCUT2D eigenvalue weighted by Gasteiger charge is 2.12. The Bertz CT molecular complexity index is 1010. The fourth-order valence-corrected chi connectivity index (χ4v) is 3.43. The van der Waals surface area contributed by atoms with Crippen LogP contribution in [-0.4, -0.2) is 25.3 Å². The van der Waals surface area contributed by atoms with Gasteiger partial charge in [-0.15, -0.1) is 0 Å². The van der Waals surface area contributed by atoms with Gasteiger partial charge in [-0.3, -0.25) is 4.79 Å². The van der Waals surface area contributed by atoms with Crippen LogP contribution in [0, 0.1) is 0 Å². The van der Waals surface area contributed by atoms with Gasteiger partial charge in [0.25, 0.3) is 5.91 Å². The minimum atomic E-state index is -0.261. The van der Waals surface area contributed by atoms with E-state index >= 15 is 0 Å². The first-order chi connectivity index (χ1) is 13.6. The maximum atomic E-state index is 12.5. The quantitative estimate of drug-likeness (QED) is 0.407. The third kappa shape index (κ3) is 4.51. The van der Waals surface area contributed by atoms with E-state index in [1.807, 2.05) is 62.4 Å². The van der Waals surface area contributed by atoms with Crippen molar-refractivity contribution in [1.82, 2.24) is 5.43 Å². The number of halogens is 1. The lowest BCUT2D eigenvalue weighted by Crippen LogP contribution is -2.17. The standard InChI is InChI=1S/C22H21BrN2O3/c1-3-27-20-13-15(12-19(23)21(20)28-4-2)14-24-25-22(26)18-11-7-9-16-8-5-6-10-17(16)18/h5-14H,3-4H2,1-2H3,(H,25,26)/b24-14-. The van der Waals surface area contributed by atoms with E-state index in [2.05, 4.69) is 26.5 Å². The summed E-state index contributed by atoms with van der Waals surface area (Å²) in [5.41, 5.74) is 3.95.